The lowest BCUT2D eigenvalue weighted by Gasteiger charge is -1.93. The summed E-state index contributed by atoms with van der Waals surface area (Å²) >= 11 is 0. The summed E-state index contributed by atoms with van der Waals surface area (Å²) in [5, 5.41) is 0. The summed E-state index contributed by atoms with van der Waals surface area (Å²) in [4.78, 5) is 0. The van der Waals surface area contributed by atoms with Crippen LogP contribution >= 0.6 is 9.47 Å². The van der Waals surface area contributed by atoms with Gasteiger partial charge in [-0.3, -0.25) is 0 Å². The lowest BCUT2D eigenvalue weighted by Crippen LogP contribution is -1.68. The summed E-state index contributed by atoms with van der Waals surface area (Å²) in [7, 11) is 2.19. The fourth-order valence-electron chi connectivity index (χ4n) is 0.884. The highest BCUT2D eigenvalue weighted by Gasteiger charge is 1.80. The third-order valence-electron chi connectivity index (χ3n) is 1.55. The maximum Gasteiger partial charge on any atom is 0.122 e. The van der Waals surface area contributed by atoms with Crippen LogP contribution in [0.15, 0.2) is 66.7 Å². The van der Waals surface area contributed by atoms with Crippen molar-refractivity contribution in [2.75, 3.05) is 0 Å². The van der Waals surface area contributed by atoms with Gasteiger partial charge in [0.05, 0.1) is 9.47 Å². The molecule has 0 saturated heterocycles. The number of hydrogen-bond acceptors (Lipinski definition) is 1. The van der Waals surface area contributed by atoms with E-state index in [1.54, 1.807) is 0 Å². The molecule has 0 amide bonds. The quantitative estimate of drug-likeness (QED) is 0.657. The molecule has 0 N–H and O–H groups in total. The van der Waals surface area contributed by atoms with Crippen molar-refractivity contribution in [2.24, 2.45) is 0 Å². The zero-order valence-corrected chi connectivity index (χ0v) is 11.0. The van der Waals surface area contributed by atoms with Crippen LogP contribution in [0.25, 0.3) is 0 Å². The van der Waals surface area contributed by atoms with Gasteiger partial charge >= 0.3 is 0 Å². The fraction of sp³-hybridized carbons (Fsp3) is 0.143. The van der Waals surface area contributed by atoms with Gasteiger partial charge < -0.3 is 4.52 Å². The third-order valence-corrected chi connectivity index (χ3v) is 1.82. The van der Waals surface area contributed by atoms with Crippen molar-refractivity contribution in [1.29, 1.82) is 0 Å². The van der Waals surface area contributed by atoms with Gasteiger partial charge in [-0.05, 0) is 12.1 Å². The normalized spacial score (nSPS) is 7.69. The van der Waals surface area contributed by atoms with Gasteiger partial charge in [0.2, 0.25) is 0 Å². The summed E-state index contributed by atoms with van der Waals surface area (Å²) in [6.07, 6.45) is 0. The van der Waals surface area contributed by atoms with Gasteiger partial charge in [0.1, 0.15) is 5.75 Å². The minimum Gasteiger partial charge on any atom is -0.480 e. The second-order valence-electron chi connectivity index (χ2n) is 2.59. The molecule has 0 bridgehead atoms. The first-order chi connectivity index (χ1) is 7.93. The van der Waals surface area contributed by atoms with E-state index >= 15 is 0 Å². The van der Waals surface area contributed by atoms with Crippen LogP contribution in [-0.2, 0) is 0 Å². The fourth-order valence-corrected chi connectivity index (χ4v) is 1.04. The van der Waals surface area contributed by atoms with Crippen molar-refractivity contribution in [3.8, 4) is 5.75 Å². The second-order valence-corrected chi connectivity index (χ2v) is 2.82. The van der Waals surface area contributed by atoms with E-state index in [-0.39, 0.29) is 0 Å². The number of rotatable bonds is 1. The molecular formula is C14H19OP. The second kappa shape index (κ2) is 11.7. The highest BCUT2D eigenvalue weighted by molar-refractivity contribution is 7.10. The zero-order valence-electron chi connectivity index (χ0n) is 9.84. The van der Waals surface area contributed by atoms with Gasteiger partial charge in [0.15, 0.2) is 0 Å². The summed E-state index contributed by atoms with van der Waals surface area (Å²) < 4.78 is 4.83. The number of benzene rings is 2. The average molecular weight is 234 g/mol. The summed E-state index contributed by atoms with van der Waals surface area (Å²) in [6.45, 7) is 4.00. The van der Waals surface area contributed by atoms with Crippen LogP contribution in [0.5, 0.6) is 5.75 Å². The van der Waals surface area contributed by atoms with Gasteiger partial charge in [0, 0.05) is 0 Å². The molecule has 1 nitrogen and oxygen atoms in total. The summed E-state index contributed by atoms with van der Waals surface area (Å²) in [5.41, 5.74) is 0. The predicted molar refractivity (Wildman–Crippen MR) is 74.6 cm³/mol. The van der Waals surface area contributed by atoms with E-state index in [9.17, 15) is 0 Å². The Hall–Kier alpha value is -1.33. The Bertz CT molecular complexity index is 294. The van der Waals surface area contributed by atoms with E-state index in [0.29, 0.717) is 0 Å². The standard InChI is InChI=1S/C6H7OP.C6H6.C2H6/c8-7-6-4-2-1-3-5-6;1-2-4-6-5-3-1;1-2/h1-5H,8H2;1-6H;1-2H3. The minimum absolute atomic E-state index is 0.873. The smallest absolute Gasteiger partial charge is 0.122 e. The third kappa shape index (κ3) is 8.02. The van der Waals surface area contributed by atoms with E-state index < -0.39 is 0 Å². The first-order valence-electron chi connectivity index (χ1n) is 5.35. The van der Waals surface area contributed by atoms with Crippen molar-refractivity contribution in [2.45, 2.75) is 13.8 Å². The Morgan fingerprint density at radius 1 is 0.688 bits per heavy atom. The molecule has 0 spiro atoms. The molecule has 2 aromatic rings. The van der Waals surface area contributed by atoms with Gasteiger partial charge in [-0.2, -0.15) is 0 Å². The highest BCUT2D eigenvalue weighted by Crippen LogP contribution is 2.09. The maximum absolute atomic E-state index is 4.83. The molecule has 0 aliphatic rings. The number of para-hydroxylation sites is 1. The molecule has 1 atom stereocenters. The Morgan fingerprint density at radius 2 is 1.00 bits per heavy atom. The Kier molecular flexibility index (Phi) is 10.8. The first kappa shape index (κ1) is 14.7. The van der Waals surface area contributed by atoms with Crippen LogP contribution in [0.4, 0.5) is 0 Å². The molecule has 0 radical (unpaired) electrons. The molecule has 86 valence electrons. The Balaban J connectivity index is 0.000000251. The van der Waals surface area contributed by atoms with Gasteiger partial charge in [-0.25, -0.2) is 0 Å². The van der Waals surface area contributed by atoms with E-state index in [2.05, 4.69) is 9.47 Å². The summed E-state index contributed by atoms with van der Waals surface area (Å²) in [6, 6.07) is 21.6. The van der Waals surface area contributed by atoms with E-state index in [4.69, 9.17) is 4.52 Å². The van der Waals surface area contributed by atoms with Crippen LogP contribution < -0.4 is 4.52 Å². The van der Waals surface area contributed by atoms with Crippen LogP contribution in [0.1, 0.15) is 13.8 Å². The van der Waals surface area contributed by atoms with Crippen LogP contribution in [-0.4, -0.2) is 0 Å². The van der Waals surface area contributed by atoms with Crippen molar-refractivity contribution < 1.29 is 4.52 Å². The highest BCUT2D eigenvalue weighted by atomic mass is 31.0. The molecule has 2 heteroatoms. The van der Waals surface area contributed by atoms with Crippen LogP contribution in [0.2, 0.25) is 0 Å². The van der Waals surface area contributed by atoms with Gasteiger partial charge in [-0.15, -0.1) is 0 Å². The van der Waals surface area contributed by atoms with E-state index in [1.807, 2.05) is 80.6 Å². The molecule has 2 aromatic carbocycles. The van der Waals surface area contributed by atoms with E-state index in [1.165, 1.54) is 0 Å². The number of hydrogen-bond donors (Lipinski definition) is 0. The van der Waals surface area contributed by atoms with Gasteiger partial charge in [0.25, 0.3) is 0 Å². The maximum atomic E-state index is 4.83. The molecule has 0 aromatic heterocycles. The lowest BCUT2D eigenvalue weighted by atomic mass is 10.3. The molecule has 0 heterocycles. The minimum atomic E-state index is 0.873. The lowest BCUT2D eigenvalue weighted by molar-refractivity contribution is 0.646. The van der Waals surface area contributed by atoms with E-state index in [0.717, 1.165) is 5.75 Å². The van der Waals surface area contributed by atoms with Crippen LogP contribution in [0.3, 0.4) is 0 Å². The predicted octanol–water partition coefficient (Wildman–Crippen LogP) is 4.57. The SMILES string of the molecule is CC.POc1ccccc1.c1ccccc1. The topological polar surface area (TPSA) is 9.23 Å². The Morgan fingerprint density at radius 3 is 1.25 bits per heavy atom. The van der Waals surface area contributed by atoms with Crippen molar-refractivity contribution in [3.63, 3.8) is 0 Å². The molecule has 0 fully saturated rings. The average Bonchev–Trinajstić information content (AvgIpc) is 2.44. The molecule has 0 saturated carbocycles. The van der Waals surface area contributed by atoms with Crippen molar-refractivity contribution >= 4 is 9.47 Å². The van der Waals surface area contributed by atoms with Crippen molar-refractivity contribution in [3.05, 3.63) is 66.7 Å². The van der Waals surface area contributed by atoms with Gasteiger partial charge in [-0.1, -0.05) is 68.4 Å². The Labute approximate surface area is 101 Å². The molecule has 16 heavy (non-hydrogen) atoms. The molecular weight excluding hydrogens is 215 g/mol. The zero-order chi connectivity index (χ0) is 12.1. The van der Waals surface area contributed by atoms with Crippen molar-refractivity contribution in [1.82, 2.24) is 0 Å². The summed E-state index contributed by atoms with van der Waals surface area (Å²) in [5.74, 6) is 0.873. The molecule has 0 aliphatic carbocycles. The molecule has 2 rings (SSSR count). The van der Waals surface area contributed by atoms with Crippen LogP contribution in [0, 0.1) is 0 Å². The largest absolute Gasteiger partial charge is 0.480 e. The first-order valence-corrected chi connectivity index (χ1v) is 5.82. The molecule has 1 unspecified atom stereocenters. The molecule has 0 aliphatic heterocycles. The monoisotopic (exact) mass is 234 g/mol.